The number of carbonyl (C=O) groups excluding carboxylic acids is 1. The Kier molecular flexibility index (Phi) is 4.44. The molecule has 1 fully saturated rings. The van der Waals surface area contributed by atoms with E-state index in [2.05, 4.69) is 10.3 Å². The number of aliphatic hydroxyl groups is 1. The first-order valence-corrected chi connectivity index (χ1v) is 9.99. The van der Waals surface area contributed by atoms with E-state index in [1.807, 2.05) is 61.5 Å². The predicted octanol–water partition coefficient (Wildman–Crippen LogP) is 4.19. The van der Waals surface area contributed by atoms with Gasteiger partial charge in [0.05, 0.1) is 12.0 Å². The molecule has 154 valence electrons. The number of aromatic nitrogens is 1. The van der Waals surface area contributed by atoms with E-state index in [4.69, 9.17) is 9.47 Å². The number of anilines is 1. The number of fused-ring (bicyclic) bond motifs is 1. The Bertz CT molecular complexity index is 1140. The van der Waals surface area contributed by atoms with Crippen molar-refractivity contribution in [1.29, 1.82) is 0 Å². The Labute approximate surface area is 176 Å². The molecule has 1 aliphatic heterocycles. The first-order valence-electron chi connectivity index (χ1n) is 9.99. The molecule has 2 heterocycles. The molecular formula is C24H24N2O4. The molecule has 30 heavy (non-hydrogen) atoms. The number of carbonyl (C=O) groups is 1. The number of hydrogen-bond donors (Lipinski definition) is 2. The van der Waals surface area contributed by atoms with E-state index >= 15 is 0 Å². The maximum atomic E-state index is 13.1. The molecule has 1 aromatic heterocycles. The average molecular weight is 404 g/mol. The lowest BCUT2D eigenvalue weighted by atomic mass is 9.94. The summed E-state index contributed by atoms with van der Waals surface area (Å²) in [4.78, 5) is 17.7. The minimum atomic E-state index is -0.543. The van der Waals surface area contributed by atoms with Crippen LogP contribution in [0, 0.1) is 6.92 Å². The van der Waals surface area contributed by atoms with Gasteiger partial charge in [-0.2, -0.15) is 0 Å². The number of aliphatic hydroxyl groups excluding tert-OH is 1. The normalized spacial score (nSPS) is 15.7. The van der Waals surface area contributed by atoms with Crippen LogP contribution < -0.4 is 14.8 Å². The lowest BCUT2D eigenvalue weighted by Crippen LogP contribution is -2.28. The monoisotopic (exact) mass is 404 g/mol. The summed E-state index contributed by atoms with van der Waals surface area (Å²) in [6, 6.07) is 17.1. The van der Waals surface area contributed by atoms with Crippen LogP contribution in [0.1, 0.15) is 31.1 Å². The molecule has 1 amide bonds. The first-order chi connectivity index (χ1) is 14.6. The first kappa shape index (κ1) is 18.6. The molecule has 2 aromatic carbocycles. The highest BCUT2D eigenvalue weighted by atomic mass is 16.7. The lowest BCUT2D eigenvalue weighted by molar-refractivity contribution is -0.118. The molecule has 0 atom stereocenters. The molecule has 0 saturated heterocycles. The van der Waals surface area contributed by atoms with Crippen molar-refractivity contribution in [2.75, 3.05) is 12.1 Å². The van der Waals surface area contributed by atoms with Gasteiger partial charge in [0.2, 0.25) is 12.7 Å². The Hall–Kier alpha value is -3.38. The maximum absolute atomic E-state index is 13.1. The number of rotatable bonds is 5. The summed E-state index contributed by atoms with van der Waals surface area (Å²) in [6.45, 7) is 2.09. The molecule has 2 N–H and O–H groups in total. The van der Waals surface area contributed by atoms with Crippen LogP contribution in [0.25, 0.3) is 11.1 Å². The maximum Gasteiger partial charge on any atom is 0.236 e. The summed E-state index contributed by atoms with van der Waals surface area (Å²) < 4.78 is 10.8. The van der Waals surface area contributed by atoms with Gasteiger partial charge < -0.3 is 19.9 Å². The van der Waals surface area contributed by atoms with Crippen LogP contribution in [0.4, 0.5) is 5.82 Å². The van der Waals surface area contributed by atoms with Crippen LogP contribution >= 0.6 is 0 Å². The molecule has 6 nitrogen and oxygen atoms in total. The van der Waals surface area contributed by atoms with Crippen molar-refractivity contribution in [2.45, 2.75) is 31.8 Å². The van der Waals surface area contributed by atoms with E-state index in [0.717, 1.165) is 40.8 Å². The molecule has 5 rings (SSSR count). The van der Waals surface area contributed by atoms with Gasteiger partial charge in [-0.25, -0.2) is 4.98 Å². The van der Waals surface area contributed by atoms with Crippen molar-refractivity contribution < 1.29 is 20.8 Å². The van der Waals surface area contributed by atoms with E-state index in [1.54, 1.807) is 0 Å². The van der Waals surface area contributed by atoms with Crippen molar-refractivity contribution in [3.8, 4) is 22.6 Å². The molecule has 0 radical (unpaired) electrons. The number of nitrogens with zero attached hydrogens (tertiary/aromatic N) is 1. The van der Waals surface area contributed by atoms with Gasteiger partial charge in [-0.15, -0.1) is 0 Å². The van der Waals surface area contributed by atoms with Crippen LogP contribution in [-0.2, 0) is 16.8 Å². The SMILES string of the molecule is Cc1nc(NC(=O)C2(c3ccc4c(c3)OCO4)CC2)ccc1-c1ccccc1CO.[HH]. The summed E-state index contributed by atoms with van der Waals surface area (Å²) in [7, 11) is 0. The van der Waals surface area contributed by atoms with Gasteiger partial charge in [0.25, 0.3) is 0 Å². The molecule has 1 saturated carbocycles. The van der Waals surface area contributed by atoms with Crippen LogP contribution in [0.2, 0.25) is 0 Å². The largest absolute Gasteiger partial charge is 0.454 e. The number of hydrogen-bond acceptors (Lipinski definition) is 5. The third-order valence-corrected chi connectivity index (χ3v) is 5.92. The second kappa shape index (κ2) is 7.15. The summed E-state index contributed by atoms with van der Waals surface area (Å²) in [6.07, 6.45) is 1.58. The van der Waals surface area contributed by atoms with E-state index in [9.17, 15) is 9.90 Å². The summed E-state index contributed by atoms with van der Waals surface area (Å²) in [5.41, 5.74) is 3.92. The molecule has 3 aromatic rings. The fraction of sp³-hybridized carbons (Fsp3) is 0.250. The van der Waals surface area contributed by atoms with E-state index in [-0.39, 0.29) is 20.7 Å². The average Bonchev–Trinajstić information content (AvgIpc) is 3.45. The third kappa shape index (κ3) is 3.09. The van der Waals surface area contributed by atoms with Gasteiger partial charge in [-0.1, -0.05) is 30.3 Å². The fourth-order valence-corrected chi connectivity index (χ4v) is 4.04. The number of nitrogens with one attached hydrogen (secondary N) is 1. The van der Waals surface area contributed by atoms with Crippen LogP contribution in [-0.4, -0.2) is 22.8 Å². The molecular weight excluding hydrogens is 380 g/mol. The van der Waals surface area contributed by atoms with Crippen molar-refractivity contribution in [3.05, 3.63) is 71.4 Å². The smallest absolute Gasteiger partial charge is 0.236 e. The van der Waals surface area contributed by atoms with Crippen LogP contribution in [0.3, 0.4) is 0 Å². The zero-order chi connectivity index (χ0) is 20.7. The number of ether oxygens (including phenoxy) is 2. The predicted molar refractivity (Wildman–Crippen MR) is 115 cm³/mol. The zero-order valence-corrected chi connectivity index (χ0v) is 16.6. The number of benzene rings is 2. The highest BCUT2D eigenvalue weighted by Gasteiger charge is 2.51. The Morgan fingerprint density at radius 1 is 1.10 bits per heavy atom. The van der Waals surface area contributed by atoms with Gasteiger partial charge >= 0.3 is 0 Å². The topological polar surface area (TPSA) is 80.7 Å². The van der Waals surface area contributed by atoms with Gasteiger partial charge in [0.1, 0.15) is 5.82 Å². The molecule has 6 heteroatoms. The number of pyridine rings is 1. The quantitative estimate of drug-likeness (QED) is 0.666. The standard InChI is InChI=1S/C24H22N2O4.H2/c1-15-18(19-5-3-2-4-16(19)13-27)7-9-22(25-15)26-23(28)24(10-11-24)17-6-8-20-21(12-17)30-14-29-20;/h2-9,12,27H,10-11,13-14H2,1H3,(H,25,26,28);1H. The summed E-state index contributed by atoms with van der Waals surface area (Å²) in [5.74, 6) is 1.87. The van der Waals surface area contributed by atoms with Crippen molar-refractivity contribution in [2.24, 2.45) is 0 Å². The van der Waals surface area contributed by atoms with E-state index in [0.29, 0.717) is 17.3 Å². The lowest BCUT2D eigenvalue weighted by Gasteiger charge is -2.17. The van der Waals surface area contributed by atoms with Crippen LogP contribution in [0.5, 0.6) is 11.5 Å². The highest BCUT2D eigenvalue weighted by Crippen LogP contribution is 2.51. The van der Waals surface area contributed by atoms with Gasteiger partial charge in [0.15, 0.2) is 11.5 Å². The second-order valence-corrected chi connectivity index (χ2v) is 7.75. The summed E-state index contributed by atoms with van der Waals surface area (Å²) in [5, 5.41) is 12.6. The molecule has 1 aliphatic carbocycles. The Morgan fingerprint density at radius 2 is 1.90 bits per heavy atom. The van der Waals surface area contributed by atoms with Crippen LogP contribution in [0.15, 0.2) is 54.6 Å². The summed E-state index contributed by atoms with van der Waals surface area (Å²) >= 11 is 0. The number of aryl methyl sites for hydroxylation is 1. The Balaban J connectivity index is 0.00000231. The minimum absolute atomic E-state index is 0. The fourth-order valence-electron chi connectivity index (χ4n) is 4.04. The molecule has 2 aliphatic rings. The highest BCUT2D eigenvalue weighted by molar-refractivity contribution is 6.01. The van der Waals surface area contributed by atoms with E-state index < -0.39 is 5.41 Å². The third-order valence-electron chi connectivity index (χ3n) is 5.92. The van der Waals surface area contributed by atoms with E-state index in [1.165, 1.54) is 0 Å². The van der Waals surface area contributed by atoms with Gasteiger partial charge in [-0.05, 0) is 60.7 Å². The molecule has 0 unspecified atom stereocenters. The molecule has 0 spiro atoms. The minimum Gasteiger partial charge on any atom is -0.454 e. The number of amides is 1. The van der Waals surface area contributed by atoms with Crippen molar-refractivity contribution >= 4 is 11.7 Å². The van der Waals surface area contributed by atoms with Gasteiger partial charge in [-0.3, -0.25) is 4.79 Å². The second-order valence-electron chi connectivity index (χ2n) is 7.75. The molecule has 0 bridgehead atoms. The van der Waals surface area contributed by atoms with Crippen molar-refractivity contribution in [1.82, 2.24) is 4.98 Å². The Morgan fingerprint density at radius 3 is 2.67 bits per heavy atom. The van der Waals surface area contributed by atoms with Crippen molar-refractivity contribution in [3.63, 3.8) is 0 Å². The van der Waals surface area contributed by atoms with Gasteiger partial charge in [0, 0.05) is 12.7 Å². The zero-order valence-electron chi connectivity index (χ0n) is 16.6.